The van der Waals surface area contributed by atoms with Crippen molar-refractivity contribution >= 4 is 64.9 Å². The first kappa shape index (κ1) is 26.1. The van der Waals surface area contributed by atoms with Gasteiger partial charge in [-0.1, -0.05) is 121 Å². The topological polar surface area (TPSA) is 43.6 Å². The van der Waals surface area contributed by atoms with E-state index in [9.17, 15) is 0 Å². The molecule has 0 amide bonds. The molecule has 0 aliphatic heterocycles. The maximum Gasteiger partial charge on any atom is 0.165 e. The Kier molecular flexibility index (Phi) is 6.01. The van der Waals surface area contributed by atoms with Crippen LogP contribution in [0, 0.1) is 0 Å². The first-order valence-electron chi connectivity index (χ1n) is 14.7. The van der Waals surface area contributed by atoms with Crippen molar-refractivity contribution in [3.05, 3.63) is 145 Å². The molecular weight excluding hydrogens is 592 g/mol. The zero-order valence-electron chi connectivity index (χ0n) is 23.9. The van der Waals surface area contributed by atoms with E-state index in [4.69, 9.17) is 26.6 Å². The van der Waals surface area contributed by atoms with Crippen molar-refractivity contribution in [1.82, 2.24) is 19.5 Å². The fourth-order valence-corrected chi connectivity index (χ4v) is 7.69. The molecule has 4 nitrogen and oxygen atoms in total. The molecule has 0 spiro atoms. The predicted molar refractivity (Wildman–Crippen MR) is 188 cm³/mol. The molecule has 0 bridgehead atoms. The minimum atomic E-state index is 0.530. The Labute approximate surface area is 267 Å². The molecule has 3 aromatic heterocycles. The quantitative estimate of drug-likeness (QED) is 0.198. The third-order valence-corrected chi connectivity index (χ3v) is 9.85. The lowest BCUT2D eigenvalue weighted by atomic mass is 10.1. The summed E-state index contributed by atoms with van der Waals surface area (Å²) in [5.74, 6) is 1.73. The highest BCUT2D eigenvalue weighted by Gasteiger charge is 2.20. The average Bonchev–Trinajstić information content (AvgIpc) is 3.65. The second kappa shape index (κ2) is 10.4. The van der Waals surface area contributed by atoms with E-state index in [1.54, 1.807) is 0 Å². The highest BCUT2D eigenvalue weighted by Crippen LogP contribution is 2.43. The average molecular weight is 615 g/mol. The zero-order chi connectivity index (χ0) is 29.9. The molecular formula is C39H23ClN4S. The van der Waals surface area contributed by atoms with Crippen LogP contribution in [0.3, 0.4) is 0 Å². The number of hydrogen-bond acceptors (Lipinski definition) is 4. The molecule has 9 aromatic rings. The Balaban J connectivity index is 1.32. The van der Waals surface area contributed by atoms with Gasteiger partial charge in [0.1, 0.15) is 0 Å². The number of aromatic nitrogens is 4. The molecule has 0 saturated heterocycles. The highest BCUT2D eigenvalue weighted by molar-refractivity contribution is 7.26. The van der Waals surface area contributed by atoms with Gasteiger partial charge in [-0.3, -0.25) is 0 Å². The summed E-state index contributed by atoms with van der Waals surface area (Å²) in [6.45, 7) is 0. The van der Waals surface area contributed by atoms with Gasteiger partial charge in [-0.05, 0) is 30.3 Å². The van der Waals surface area contributed by atoms with Crippen LogP contribution in [0.25, 0.3) is 81.8 Å². The van der Waals surface area contributed by atoms with Gasteiger partial charge >= 0.3 is 0 Å². The minimum Gasteiger partial charge on any atom is -0.308 e. The van der Waals surface area contributed by atoms with E-state index in [0.717, 1.165) is 27.9 Å². The van der Waals surface area contributed by atoms with Crippen molar-refractivity contribution in [2.24, 2.45) is 0 Å². The monoisotopic (exact) mass is 614 g/mol. The summed E-state index contributed by atoms with van der Waals surface area (Å²) in [5, 5.41) is 5.55. The first-order valence-corrected chi connectivity index (χ1v) is 15.9. The molecule has 0 unspecified atom stereocenters. The third-order valence-electron chi connectivity index (χ3n) is 8.33. The Hall–Kier alpha value is -5.36. The number of benzene rings is 6. The Morgan fingerprint density at radius 3 is 1.84 bits per heavy atom. The largest absolute Gasteiger partial charge is 0.308 e. The summed E-state index contributed by atoms with van der Waals surface area (Å²) < 4.78 is 4.90. The maximum atomic E-state index is 6.97. The molecule has 0 aliphatic rings. The van der Waals surface area contributed by atoms with Gasteiger partial charge in [-0.25, -0.2) is 15.0 Å². The van der Waals surface area contributed by atoms with Crippen molar-refractivity contribution in [2.75, 3.05) is 0 Å². The van der Waals surface area contributed by atoms with E-state index in [-0.39, 0.29) is 0 Å². The molecule has 0 atom stereocenters. The fraction of sp³-hybridized carbons (Fsp3) is 0. The maximum absolute atomic E-state index is 6.97. The smallest absolute Gasteiger partial charge is 0.165 e. The van der Waals surface area contributed by atoms with E-state index < -0.39 is 0 Å². The zero-order valence-corrected chi connectivity index (χ0v) is 25.4. The number of halogens is 1. The van der Waals surface area contributed by atoms with Crippen LogP contribution in [0.1, 0.15) is 0 Å². The summed E-state index contributed by atoms with van der Waals surface area (Å²) in [4.78, 5) is 14.8. The summed E-state index contributed by atoms with van der Waals surface area (Å²) in [6.07, 6.45) is 0. The molecule has 0 N–H and O–H groups in total. The van der Waals surface area contributed by atoms with Crippen LogP contribution in [0.2, 0.25) is 5.02 Å². The van der Waals surface area contributed by atoms with Crippen molar-refractivity contribution in [3.8, 4) is 39.9 Å². The molecule has 0 saturated carbocycles. The van der Waals surface area contributed by atoms with Crippen molar-refractivity contribution in [2.45, 2.75) is 0 Å². The van der Waals surface area contributed by atoms with Crippen LogP contribution in [0.15, 0.2) is 140 Å². The third kappa shape index (κ3) is 4.24. The van der Waals surface area contributed by atoms with Crippen LogP contribution in [0.4, 0.5) is 0 Å². The molecule has 6 aromatic carbocycles. The molecule has 6 heteroatoms. The standard InChI is InChI=1S/C39H23ClN4S/c40-32-22-19-26(23-31(32)39-42-37(24-11-3-1-4-12-24)41-38(43-39)25-13-5-2-6-14-25)44-33-17-9-7-15-27(33)29-20-21-30-28-16-8-10-18-34(28)45-36(30)35(29)44/h1-23H. The Bertz CT molecular complexity index is 2500. The lowest BCUT2D eigenvalue weighted by Gasteiger charge is -2.13. The van der Waals surface area contributed by atoms with Gasteiger partial charge in [0.2, 0.25) is 0 Å². The number of rotatable bonds is 4. The SMILES string of the molecule is Clc1ccc(-n2c3ccccc3c3ccc4c5ccccc5sc4c32)cc1-c1nc(-c2ccccc2)nc(-c2ccccc2)n1. The molecule has 45 heavy (non-hydrogen) atoms. The van der Waals surface area contributed by atoms with E-state index in [0.29, 0.717) is 22.5 Å². The minimum absolute atomic E-state index is 0.530. The molecule has 0 fully saturated rings. The molecule has 3 heterocycles. The van der Waals surface area contributed by atoms with Crippen LogP contribution < -0.4 is 0 Å². The second-order valence-corrected chi connectivity index (χ2v) is 12.5. The highest BCUT2D eigenvalue weighted by atomic mass is 35.5. The summed E-state index contributed by atoms with van der Waals surface area (Å²) in [7, 11) is 0. The lowest BCUT2D eigenvalue weighted by molar-refractivity contribution is 1.07. The normalized spacial score (nSPS) is 11.7. The van der Waals surface area contributed by atoms with E-state index in [1.807, 2.05) is 78.1 Å². The van der Waals surface area contributed by atoms with Gasteiger partial charge in [0.15, 0.2) is 17.5 Å². The first-order chi connectivity index (χ1) is 22.2. The van der Waals surface area contributed by atoms with Crippen LogP contribution in [-0.2, 0) is 0 Å². The molecule has 0 aliphatic carbocycles. The number of thiophene rings is 1. The van der Waals surface area contributed by atoms with Gasteiger partial charge < -0.3 is 4.57 Å². The molecule has 9 rings (SSSR count). The predicted octanol–water partition coefficient (Wildman–Crippen LogP) is 11.0. The second-order valence-electron chi connectivity index (χ2n) is 11.0. The van der Waals surface area contributed by atoms with E-state index in [1.165, 1.54) is 36.5 Å². The van der Waals surface area contributed by atoms with Crippen LogP contribution in [-0.4, -0.2) is 19.5 Å². The molecule has 212 valence electrons. The number of nitrogens with zero attached hydrogens (tertiary/aromatic N) is 4. The van der Waals surface area contributed by atoms with E-state index in [2.05, 4.69) is 77.4 Å². The van der Waals surface area contributed by atoms with Crippen LogP contribution in [0.5, 0.6) is 0 Å². The van der Waals surface area contributed by atoms with Crippen molar-refractivity contribution < 1.29 is 0 Å². The summed E-state index contributed by atoms with van der Waals surface area (Å²) >= 11 is 8.80. The van der Waals surface area contributed by atoms with Gasteiger partial charge in [0.25, 0.3) is 0 Å². The Morgan fingerprint density at radius 1 is 0.511 bits per heavy atom. The van der Waals surface area contributed by atoms with Gasteiger partial charge in [0, 0.05) is 48.6 Å². The summed E-state index contributed by atoms with van der Waals surface area (Å²) in [6, 6.07) is 47.9. The molecule has 0 radical (unpaired) electrons. The van der Waals surface area contributed by atoms with E-state index >= 15 is 0 Å². The Morgan fingerprint density at radius 2 is 1.11 bits per heavy atom. The van der Waals surface area contributed by atoms with Crippen molar-refractivity contribution in [1.29, 1.82) is 0 Å². The number of para-hydroxylation sites is 1. The number of fused-ring (bicyclic) bond motifs is 7. The number of hydrogen-bond donors (Lipinski definition) is 0. The summed E-state index contributed by atoms with van der Waals surface area (Å²) in [5.41, 5.74) is 5.90. The lowest BCUT2D eigenvalue weighted by Crippen LogP contribution is -2.01. The van der Waals surface area contributed by atoms with Crippen LogP contribution >= 0.6 is 22.9 Å². The van der Waals surface area contributed by atoms with Gasteiger partial charge in [-0.2, -0.15) is 0 Å². The van der Waals surface area contributed by atoms with Gasteiger partial charge in [-0.15, -0.1) is 11.3 Å². The van der Waals surface area contributed by atoms with Gasteiger partial charge in [0.05, 0.1) is 20.8 Å². The fourth-order valence-electron chi connectivity index (χ4n) is 6.25. The van der Waals surface area contributed by atoms with Crippen molar-refractivity contribution in [3.63, 3.8) is 0 Å².